The van der Waals surface area contributed by atoms with Crippen LogP contribution in [0.5, 0.6) is 0 Å². The molecule has 140 valence electrons. The minimum Gasteiger partial charge on any atom is -0.357 e. The summed E-state index contributed by atoms with van der Waals surface area (Å²) in [6.07, 6.45) is 5.26. The molecule has 1 heterocycles. The van der Waals surface area contributed by atoms with Gasteiger partial charge < -0.3 is 10.2 Å². The molecule has 6 nitrogen and oxygen atoms in total. The lowest BCUT2D eigenvalue weighted by atomic mass is 9.68. The highest BCUT2D eigenvalue weighted by Gasteiger charge is 2.43. The molecule has 2 fully saturated rings. The summed E-state index contributed by atoms with van der Waals surface area (Å²) in [5.74, 6) is 0.919. The average molecular weight is 478 g/mol. The smallest absolute Gasteiger partial charge is 0.238 e. The molecule has 2 aliphatic rings. The van der Waals surface area contributed by atoms with Crippen molar-refractivity contribution in [3.05, 3.63) is 29.8 Å². The van der Waals surface area contributed by atoms with Crippen molar-refractivity contribution < 1.29 is 8.42 Å². The molecule has 1 spiro atoms. The van der Waals surface area contributed by atoms with E-state index in [-0.39, 0.29) is 28.9 Å². The van der Waals surface area contributed by atoms with E-state index in [0.29, 0.717) is 12.0 Å². The molecule has 0 amide bonds. The van der Waals surface area contributed by atoms with Crippen LogP contribution in [0.15, 0.2) is 34.2 Å². The summed E-state index contributed by atoms with van der Waals surface area (Å²) < 4.78 is 22.9. The van der Waals surface area contributed by atoms with Crippen molar-refractivity contribution in [2.45, 2.75) is 44.0 Å². The zero-order chi connectivity index (χ0) is 17.2. The summed E-state index contributed by atoms with van der Waals surface area (Å²) in [6, 6.07) is 6.68. The van der Waals surface area contributed by atoms with E-state index in [1.165, 1.54) is 31.7 Å². The van der Waals surface area contributed by atoms with Gasteiger partial charge in [0.2, 0.25) is 10.0 Å². The topological polar surface area (TPSA) is 87.8 Å². The third-order valence-corrected chi connectivity index (χ3v) is 6.04. The molecule has 0 atom stereocenters. The van der Waals surface area contributed by atoms with Crippen molar-refractivity contribution in [1.82, 2.24) is 10.2 Å². The minimum atomic E-state index is -3.68. The first-order valence-corrected chi connectivity index (χ1v) is 10.1. The molecular formula is C17H27IN4O2S. The zero-order valence-electron chi connectivity index (χ0n) is 14.6. The molecule has 1 saturated heterocycles. The van der Waals surface area contributed by atoms with Crippen molar-refractivity contribution in [3.63, 3.8) is 0 Å². The van der Waals surface area contributed by atoms with Gasteiger partial charge in [0.1, 0.15) is 0 Å². The SMILES string of the molecule is CCNC(=NCc1cccc(S(N)(=O)=O)c1)N1CCC2(CCC2)C1.I. The van der Waals surface area contributed by atoms with Gasteiger partial charge in [-0.1, -0.05) is 18.6 Å². The fourth-order valence-corrected chi connectivity index (χ4v) is 4.20. The molecule has 1 saturated carbocycles. The Morgan fingerprint density at radius 1 is 1.36 bits per heavy atom. The lowest BCUT2D eigenvalue weighted by Gasteiger charge is -2.38. The van der Waals surface area contributed by atoms with Crippen LogP contribution in [0.1, 0.15) is 38.2 Å². The molecule has 1 aliphatic carbocycles. The van der Waals surface area contributed by atoms with Crippen LogP contribution in [-0.4, -0.2) is 38.9 Å². The Morgan fingerprint density at radius 3 is 2.68 bits per heavy atom. The minimum absolute atomic E-state index is 0. The van der Waals surface area contributed by atoms with Gasteiger partial charge in [-0.3, -0.25) is 0 Å². The van der Waals surface area contributed by atoms with Gasteiger partial charge in [-0.2, -0.15) is 0 Å². The van der Waals surface area contributed by atoms with E-state index in [1.54, 1.807) is 12.1 Å². The molecule has 0 aromatic heterocycles. The highest BCUT2D eigenvalue weighted by Crippen LogP contribution is 2.47. The van der Waals surface area contributed by atoms with E-state index in [9.17, 15) is 8.42 Å². The van der Waals surface area contributed by atoms with Crippen molar-refractivity contribution >= 4 is 40.0 Å². The van der Waals surface area contributed by atoms with E-state index >= 15 is 0 Å². The second-order valence-corrected chi connectivity index (χ2v) is 8.45. The van der Waals surface area contributed by atoms with Crippen molar-refractivity contribution in [1.29, 1.82) is 0 Å². The Hall–Kier alpha value is -0.870. The van der Waals surface area contributed by atoms with E-state index in [0.717, 1.165) is 31.2 Å². The first-order valence-electron chi connectivity index (χ1n) is 8.57. The van der Waals surface area contributed by atoms with Crippen LogP contribution in [-0.2, 0) is 16.6 Å². The van der Waals surface area contributed by atoms with E-state index in [4.69, 9.17) is 10.1 Å². The molecule has 1 aromatic carbocycles. The summed E-state index contributed by atoms with van der Waals surface area (Å²) in [4.78, 5) is 7.18. The molecule has 3 N–H and O–H groups in total. The number of guanidine groups is 1. The summed E-state index contributed by atoms with van der Waals surface area (Å²) >= 11 is 0. The van der Waals surface area contributed by atoms with Gasteiger partial charge in [0.15, 0.2) is 5.96 Å². The summed E-state index contributed by atoms with van der Waals surface area (Å²) in [5.41, 5.74) is 1.36. The number of nitrogens with zero attached hydrogens (tertiary/aromatic N) is 2. The van der Waals surface area contributed by atoms with Gasteiger partial charge in [0, 0.05) is 19.6 Å². The number of benzene rings is 1. The number of likely N-dealkylation sites (tertiary alicyclic amines) is 1. The standard InChI is InChI=1S/C17H26N4O2S.HI/c1-2-19-16(21-10-9-17(13-21)7-4-8-17)20-12-14-5-3-6-15(11-14)24(18,22)23;/h3,5-6,11H,2,4,7-10,12-13H2,1H3,(H,19,20)(H2,18,22,23);1H. The van der Waals surface area contributed by atoms with Crippen LogP contribution in [0, 0.1) is 5.41 Å². The van der Waals surface area contributed by atoms with Gasteiger partial charge >= 0.3 is 0 Å². The quantitative estimate of drug-likeness (QED) is 0.395. The maximum Gasteiger partial charge on any atom is 0.238 e. The van der Waals surface area contributed by atoms with Crippen LogP contribution in [0.4, 0.5) is 0 Å². The van der Waals surface area contributed by atoms with E-state index in [2.05, 4.69) is 17.1 Å². The number of rotatable bonds is 4. The second-order valence-electron chi connectivity index (χ2n) is 6.89. The summed E-state index contributed by atoms with van der Waals surface area (Å²) in [6.45, 7) is 5.44. The van der Waals surface area contributed by atoms with Gasteiger partial charge in [0.25, 0.3) is 0 Å². The molecule has 0 unspecified atom stereocenters. The fraction of sp³-hybridized carbons (Fsp3) is 0.588. The number of aliphatic imine (C=N–C) groups is 1. The first-order chi connectivity index (χ1) is 11.4. The molecule has 1 aromatic rings. The lowest BCUT2D eigenvalue weighted by molar-refractivity contribution is 0.151. The van der Waals surface area contributed by atoms with Crippen LogP contribution >= 0.6 is 24.0 Å². The van der Waals surface area contributed by atoms with Crippen molar-refractivity contribution in [2.75, 3.05) is 19.6 Å². The van der Waals surface area contributed by atoms with Gasteiger partial charge in [-0.05, 0) is 49.3 Å². The lowest BCUT2D eigenvalue weighted by Crippen LogP contribution is -2.42. The maximum absolute atomic E-state index is 11.5. The van der Waals surface area contributed by atoms with Crippen molar-refractivity contribution in [2.24, 2.45) is 15.5 Å². The van der Waals surface area contributed by atoms with Gasteiger partial charge in [-0.15, -0.1) is 24.0 Å². The molecule has 0 radical (unpaired) electrons. The van der Waals surface area contributed by atoms with Crippen LogP contribution in [0.2, 0.25) is 0 Å². The van der Waals surface area contributed by atoms with Crippen LogP contribution in [0.25, 0.3) is 0 Å². The number of hydrogen-bond acceptors (Lipinski definition) is 3. The Balaban J connectivity index is 0.00000225. The van der Waals surface area contributed by atoms with Gasteiger partial charge in [0.05, 0.1) is 11.4 Å². The number of halogens is 1. The summed E-state index contributed by atoms with van der Waals surface area (Å²) in [7, 11) is -3.68. The second kappa shape index (κ2) is 8.22. The molecule has 0 bridgehead atoms. The Morgan fingerprint density at radius 2 is 2.12 bits per heavy atom. The number of primary sulfonamides is 1. The number of nitrogens with two attached hydrogens (primary N) is 1. The van der Waals surface area contributed by atoms with Crippen LogP contribution < -0.4 is 10.5 Å². The number of hydrogen-bond donors (Lipinski definition) is 2. The third kappa shape index (κ3) is 4.85. The predicted octanol–water partition coefficient (Wildman–Crippen LogP) is 2.29. The first kappa shape index (κ1) is 20.4. The highest BCUT2D eigenvalue weighted by molar-refractivity contribution is 14.0. The highest BCUT2D eigenvalue weighted by atomic mass is 127. The number of nitrogens with one attached hydrogen (secondary N) is 1. The molecule has 25 heavy (non-hydrogen) atoms. The molecule has 8 heteroatoms. The van der Waals surface area contributed by atoms with Crippen molar-refractivity contribution in [3.8, 4) is 0 Å². The monoisotopic (exact) mass is 478 g/mol. The predicted molar refractivity (Wildman–Crippen MR) is 111 cm³/mol. The number of sulfonamides is 1. The molecule has 1 aliphatic heterocycles. The zero-order valence-corrected chi connectivity index (χ0v) is 17.7. The molecular weight excluding hydrogens is 451 g/mol. The normalized spacial score (nSPS) is 19.4. The summed E-state index contributed by atoms with van der Waals surface area (Å²) in [5, 5.41) is 8.55. The van der Waals surface area contributed by atoms with E-state index < -0.39 is 10.0 Å². The Labute approximate surface area is 167 Å². The fourth-order valence-electron chi connectivity index (χ4n) is 3.61. The largest absolute Gasteiger partial charge is 0.357 e. The van der Waals surface area contributed by atoms with Crippen LogP contribution in [0.3, 0.4) is 0 Å². The van der Waals surface area contributed by atoms with E-state index in [1.807, 2.05) is 6.07 Å². The maximum atomic E-state index is 11.5. The van der Waals surface area contributed by atoms with Gasteiger partial charge in [-0.25, -0.2) is 18.5 Å². The average Bonchev–Trinajstić information content (AvgIpc) is 2.96. The third-order valence-electron chi connectivity index (χ3n) is 5.13. The Kier molecular flexibility index (Phi) is 6.72. The Bertz CT molecular complexity index is 732. The molecule has 3 rings (SSSR count).